The maximum atomic E-state index is 14.4. The lowest BCUT2D eigenvalue weighted by atomic mass is 9.98. The molecule has 31 heteroatoms. The Morgan fingerprint density at radius 3 is 1.61 bits per heavy atom. The summed E-state index contributed by atoms with van der Waals surface area (Å²) < 4.78 is 5.58. The molecule has 0 saturated carbocycles. The Labute approximate surface area is 585 Å². The highest BCUT2D eigenvalue weighted by Gasteiger charge is 2.43. The number of carboxylic acid groups (broad SMARTS) is 2. The summed E-state index contributed by atoms with van der Waals surface area (Å²) in [5, 5.41) is 41.7. The SMILES string of the molecule is CC(C)C[C@H](NC(=O)[C@@H]1CCCN1C(=O)[C@H](CS)N(Cc1ccccc1)C(=O)[C@H](CC(N)=O)NC(=O)[C@@H](N)CCC(N)=O)C(=O)N[C@@H](CCC(N)=O)C(=O)O.CC[C@H](C)[C@H](NC(=O)[C@H](Cc1ccc(O)cc1)NC(=O)[C@H](CS)N(Cc1ccccc1)C(=O)OCc1ccccc1)C(=O)O. The van der Waals surface area contributed by atoms with Crippen LogP contribution in [0.4, 0.5) is 4.79 Å². The third-order valence-electron chi connectivity index (χ3n) is 16.1. The summed E-state index contributed by atoms with van der Waals surface area (Å²) in [6.07, 6.45) is -1.13. The minimum Gasteiger partial charge on any atom is -0.508 e. The Bertz CT molecular complexity index is 3380. The number of aliphatic carboxylic acids is 2. The van der Waals surface area contributed by atoms with E-state index in [1.54, 1.807) is 63.2 Å². The Kier molecular flexibility index (Phi) is 34.2. The maximum Gasteiger partial charge on any atom is 0.411 e. The molecule has 0 bridgehead atoms. The van der Waals surface area contributed by atoms with Crippen LogP contribution >= 0.6 is 25.3 Å². The topological polar surface area (TPSA) is 466 Å². The van der Waals surface area contributed by atoms with Crippen molar-refractivity contribution in [2.75, 3.05) is 18.1 Å². The van der Waals surface area contributed by atoms with Gasteiger partial charge in [0.2, 0.25) is 59.1 Å². The number of aromatic hydroxyl groups is 1. The van der Waals surface area contributed by atoms with Gasteiger partial charge in [-0.3, -0.25) is 52.8 Å². The second-order valence-electron chi connectivity index (χ2n) is 24.3. The average molecular weight is 1410 g/mol. The zero-order valence-electron chi connectivity index (χ0n) is 55.7. The van der Waals surface area contributed by atoms with Crippen LogP contribution in [0, 0.1) is 11.8 Å². The van der Waals surface area contributed by atoms with Crippen molar-refractivity contribution in [3.05, 3.63) is 138 Å². The molecule has 99 heavy (non-hydrogen) atoms. The summed E-state index contributed by atoms with van der Waals surface area (Å²) in [7, 11) is 0. The lowest BCUT2D eigenvalue weighted by Gasteiger charge is -2.36. The summed E-state index contributed by atoms with van der Waals surface area (Å²) in [6.45, 7) is 7.05. The first-order valence-electron chi connectivity index (χ1n) is 32.2. The van der Waals surface area contributed by atoms with E-state index < -0.39 is 138 Å². The Morgan fingerprint density at radius 2 is 1.10 bits per heavy atom. The monoisotopic (exact) mass is 1410 g/mol. The molecule has 0 aliphatic carbocycles. The van der Waals surface area contributed by atoms with Crippen LogP contribution < -0.4 is 49.5 Å². The van der Waals surface area contributed by atoms with E-state index in [4.69, 9.17) is 27.7 Å². The number of phenols is 1. The number of ether oxygens (including phenoxy) is 1. The molecular weight excluding hydrogens is 1320 g/mol. The molecule has 0 spiro atoms. The largest absolute Gasteiger partial charge is 0.508 e. The predicted molar refractivity (Wildman–Crippen MR) is 370 cm³/mol. The molecule has 0 unspecified atom stereocenters. The maximum absolute atomic E-state index is 14.4. The van der Waals surface area contributed by atoms with Crippen molar-refractivity contribution in [3.8, 4) is 5.75 Å². The molecule has 0 aromatic heterocycles. The highest BCUT2D eigenvalue weighted by molar-refractivity contribution is 7.80. The minimum atomic E-state index is -1.57. The van der Waals surface area contributed by atoms with Crippen LogP contribution in [-0.4, -0.2) is 180 Å². The van der Waals surface area contributed by atoms with Gasteiger partial charge in [-0.25, -0.2) is 14.4 Å². The molecule has 1 saturated heterocycles. The van der Waals surface area contributed by atoms with Crippen molar-refractivity contribution in [1.82, 2.24) is 41.3 Å². The van der Waals surface area contributed by atoms with Crippen molar-refractivity contribution in [2.45, 2.75) is 166 Å². The molecule has 0 radical (unpaired) electrons. The molecular formula is C68H92N12O17S2. The highest BCUT2D eigenvalue weighted by atomic mass is 32.1. The van der Waals surface area contributed by atoms with E-state index in [2.05, 4.69) is 51.8 Å². The highest BCUT2D eigenvalue weighted by Crippen LogP contribution is 2.24. The summed E-state index contributed by atoms with van der Waals surface area (Å²) in [6, 6.07) is 21.4. The molecule has 1 aliphatic rings. The number of benzene rings is 4. The van der Waals surface area contributed by atoms with Gasteiger partial charge in [-0.15, -0.1) is 0 Å². The Balaban J connectivity index is 0.000000430. The summed E-state index contributed by atoms with van der Waals surface area (Å²) >= 11 is 8.78. The van der Waals surface area contributed by atoms with Crippen LogP contribution in [0.3, 0.4) is 0 Å². The number of nitrogens with two attached hydrogens (primary N) is 4. The third kappa shape index (κ3) is 27.2. The fourth-order valence-corrected chi connectivity index (χ4v) is 11.2. The average Bonchev–Trinajstić information content (AvgIpc) is 1.83. The first kappa shape index (κ1) is 81.7. The first-order chi connectivity index (χ1) is 47.0. The number of hydrogen-bond acceptors (Lipinski definition) is 18. The molecule has 29 nitrogen and oxygen atoms in total. The van der Waals surface area contributed by atoms with Crippen LogP contribution in [0.15, 0.2) is 115 Å². The smallest absolute Gasteiger partial charge is 0.411 e. The second kappa shape index (κ2) is 41.5. The van der Waals surface area contributed by atoms with Gasteiger partial charge in [-0.2, -0.15) is 25.3 Å². The molecule has 10 atom stereocenters. The molecule has 1 aliphatic heterocycles. The molecule has 4 aromatic carbocycles. The lowest BCUT2D eigenvalue weighted by molar-refractivity contribution is -0.150. The van der Waals surface area contributed by atoms with E-state index in [0.717, 1.165) is 16.0 Å². The number of amides is 11. The number of likely N-dealkylation sites (tertiary alicyclic amines) is 1. The quantitative estimate of drug-likeness (QED) is 0.0284. The normalized spacial score (nSPS) is 15.2. The molecule has 1 fully saturated rings. The van der Waals surface area contributed by atoms with Crippen LogP contribution in [0.25, 0.3) is 0 Å². The number of nitrogens with one attached hydrogen (secondary N) is 5. The van der Waals surface area contributed by atoms with Crippen molar-refractivity contribution >= 4 is 102 Å². The molecule has 16 N–H and O–H groups in total. The number of carbonyl (C=O) groups excluding carboxylic acids is 11. The zero-order chi connectivity index (χ0) is 73.5. The number of carbonyl (C=O) groups is 13. The fraction of sp³-hybridized carbons (Fsp3) is 0.456. The van der Waals surface area contributed by atoms with Gasteiger partial charge in [0.15, 0.2) is 0 Å². The van der Waals surface area contributed by atoms with Gasteiger partial charge >= 0.3 is 18.0 Å². The number of thiol groups is 2. The summed E-state index contributed by atoms with van der Waals surface area (Å²) in [5.74, 6) is -11.1. The predicted octanol–water partition coefficient (Wildman–Crippen LogP) is 1.80. The Morgan fingerprint density at radius 1 is 0.586 bits per heavy atom. The van der Waals surface area contributed by atoms with Gasteiger partial charge in [0.1, 0.15) is 60.7 Å². The van der Waals surface area contributed by atoms with Crippen molar-refractivity contribution < 1.29 is 82.4 Å². The summed E-state index contributed by atoms with van der Waals surface area (Å²) in [4.78, 5) is 171. The third-order valence-corrected chi connectivity index (χ3v) is 16.8. The van der Waals surface area contributed by atoms with Gasteiger partial charge < -0.3 is 79.4 Å². The van der Waals surface area contributed by atoms with Gasteiger partial charge in [0.25, 0.3) is 0 Å². The zero-order valence-corrected chi connectivity index (χ0v) is 57.5. The standard InChI is InChI=1S/C35H53N9O10S.C33H39N3O7S/c1-19(2)15-23(31(49)40-22(35(53)54)11-13-28(38)46)41-32(50)25-9-6-14-43(25)34(52)26(18-55)44(17-20-7-4-3-5-8-20)33(51)24(16-29(39)47)42-30(48)21(36)10-12-27(37)45;1-3-22(2)29(32(40)41)35-30(38)27(18-23-14-16-26(37)17-15-23)34-31(39)28(21-44)36(19-24-10-6-4-7-11-24)33(42)43-20-25-12-8-5-9-13-25/h3-5,7-8,19,21-26,55H,6,9-18,36H2,1-2H3,(H2,37,45)(H2,38,46)(H2,39,47)(H,40,49)(H,41,50)(H,42,48)(H,53,54);4-17,22,27-29,37,44H,3,18-21H2,1-2H3,(H,34,39)(H,35,38)(H,40,41)/t21-,22-,23-,24-,25-,26-;22-,27-,28-,29-/m00/s1. The Hall–Kier alpha value is -9.75. The molecule has 11 amide bonds. The van der Waals surface area contributed by atoms with E-state index in [9.17, 15) is 77.6 Å². The molecule has 538 valence electrons. The molecule has 5 rings (SSSR count). The van der Waals surface area contributed by atoms with E-state index in [0.29, 0.717) is 24.0 Å². The van der Waals surface area contributed by atoms with Crippen LogP contribution in [0.5, 0.6) is 5.75 Å². The van der Waals surface area contributed by atoms with Gasteiger partial charge in [0.05, 0.1) is 12.5 Å². The summed E-state index contributed by atoms with van der Waals surface area (Å²) in [5.41, 5.74) is 24.4. The fourth-order valence-electron chi connectivity index (χ4n) is 10.5. The number of nitrogens with zero attached hydrogens (tertiary/aromatic N) is 3. The molecule has 4 aromatic rings. The minimum absolute atomic E-state index is 0.00112. The number of primary amides is 3. The van der Waals surface area contributed by atoms with Crippen molar-refractivity contribution in [1.29, 1.82) is 0 Å². The van der Waals surface area contributed by atoms with Crippen molar-refractivity contribution in [3.63, 3.8) is 0 Å². The van der Waals surface area contributed by atoms with Crippen LogP contribution in [0.2, 0.25) is 0 Å². The van der Waals surface area contributed by atoms with Gasteiger partial charge in [-0.05, 0) is 78.3 Å². The molecule has 1 heterocycles. The van der Waals surface area contributed by atoms with Crippen LogP contribution in [0.1, 0.15) is 108 Å². The number of hydrogen-bond donors (Lipinski definition) is 14. The lowest BCUT2D eigenvalue weighted by Crippen LogP contribution is -2.60. The van der Waals surface area contributed by atoms with Gasteiger partial charge in [0, 0.05) is 50.4 Å². The first-order valence-corrected chi connectivity index (χ1v) is 33.5. The van der Waals surface area contributed by atoms with Crippen LogP contribution in [-0.2, 0) is 88.4 Å². The van der Waals surface area contributed by atoms with Gasteiger partial charge in [-0.1, -0.05) is 137 Å². The second-order valence-corrected chi connectivity index (χ2v) is 25.0. The van der Waals surface area contributed by atoms with E-state index >= 15 is 0 Å². The van der Waals surface area contributed by atoms with E-state index in [-0.39, 0.29) is 100 Å². The number of rotatable bonds is 38. The number of carboxylic acids is 2. The number of phenolic OH excluding ortho intramolecular Hbond substituents is 1. The van der Waals surface area contributed by atoms with Crippen molar-refractivity contribution in [2.24, 2.45) is 34.8 Å². The van der Waals surface area contributed by atoms with E-state index in [1.165, 1.54) is 21.9 Å². The van der Waals surface area contributed by atoms with E-state index in [1.807, 2.05) is 67.6 Å².